The number of nitrogens with one attached hydrogen (secondary N) is 2. The molecule has 1 aromatic carbocycles. The first-order valence-corrected chi connectivity index (χ1v) is 8.86. The van der Waals surface area contributed by atoms with E-state index in [-0.39, 0.29) is 10.8 Å². The predicted octanol–water partition coefficient (Wildman–Crippen LogP) is 1.62. The van der Waals surface area contributed by atoms with E-state index in [2.05, 4.69) is 36.8 Å². The van der Waals surface area contributed by atoms with E-state index in [9.17, 15) is 14.4 Å². The highest BCUT2D eigenvalue weighted by atomic mass is 79.9. The van der Waals surface area contributed by atoms with E-state index in [0.29, 0.717) is 5.69 Å². The Morgan fingerprint density at radius 1 is 1.26 bits per heavy atom. The van der Waals surface area contributed by atoms with Gasteiger partial charge in [0, 0.05) is 16.9 Å². The fourth-order valence-electron chi connectivity index (χ4n) is 2.28. The molecule has 0 unspecified atom stereocenters. The third-order valence-electron chi connectivity index (χ3n) is 3.57. The number of nitrogens with zero attached hydrogens (tertiary/aromatic N) is 3. The Morgan fingerprint density at radius 3 is 2.67 bits per heavy atom. The zero-order chi connectivity index (χ0) is 19.4. The molecule has 8 nitrogen and oxygen atoms in total. The second-order valence-electron chi connectivity index (χ2n) is 5.36. The van der Waals surface area contributed by atoms with E-state index in [1.165, 1.54) is 17.2 Å². The number of aromatic nitrogens is 1. The summed E-state index contributed by atoms with van der Waals surface area (Å²) in [5.41, 5.74) is 2.90. The minimum Gasteiger partial charge on any atom is -0.301 e. The Bertz CT molecular complexity index is 933. The molecule has 2 heterocycles. The lowest BCUT2D eigenvalue weighted by Gasteiger charge is -2.30. The van der Waals surface area contributed by atoms with Crippen molar-refractivity contribution < 1.29 is 14.4 Å². The van der Waals surface area contributed by atoms with Crippen LogP contribution in [0, 0.1) is 5.92 Å². The van der Waals surface area contributed by atoms with Crippen LogP contribution in [0.2, 0.25) is 0 Å². The summed E-state index contributed by atoms with van der Waals surface area (Å²) in [5, 5.41) is 6.16. The highest BCUT2D eigenvalue weighted by Gasteiger charge is 2.38. The number of pyridine rings is 1. The van der Waals surface area contributed by atoms with E-state index in [1.807, 2.05) is 0 Å². The summed E-state index contributed by atoms with van der Waals surface area (Å²) < 4.78 is 0.834. The van der Waals surface area contributed by atoms with Crippen molar-refractivity contribution >= 4 is 62.9 Å². The van der Waals surface area contributed by atoms with E-state index in [1.54, 1.807) is 36.4 Å². The number of hydrogen-bond donors (Lipinski definition) is 2. The number of rotatable bonds is 4. The van der Waals surface area contributed by atoms with Crippen LogP contribution in [0.25, 0.3) is 0 Å². The van der Waals surface area contributed by atoms with Crippen LogP contribution in [0.1, 0.15) is 10.5 Å². The molecule has 1 aliphatic heterocycles. The highest BCUT2D eigenvalue weighted by Crippen LogP contribution is 2.22. The van der Waals surface area contributed by atoms with E-state index in [0.717, 1.165) is 10.7 Å². The van der Waals surface area contributed by atoms with Crippen LogP contribution in [0.4, 0.5) is 5.69 Å². The topological polar surface area (TPSA) is 104 Å². The second kappa shape index (κ2) is 8.14. The van der Waals surface area contributed by atoms with Gasteiger partial charge in [-0.2, -0.15) is 5.10 Å². The Morgan fingerprint density at radius 2 is 2.00 bits per heavy atom. The molecule has 2 N–H and O–H groups in total. The average Bonchev–Trinajstić information content (AvgIpc) is 2.66. The Balaban J connectivity index is 1.75. The van der Waals surface area contributed by atoms with Crippen LogP contribution in [0.15, 0.2) is 58.2 Å². The van der Waals surface area contributed by atoms with Gasteiger partial charge in [-0.3, -0.25) is 24.3 Å². The van der Waals surface area contributed by atoms with Gasteiger partial charge in [0.15, 0.2) is 11.0 Å². The van der Waals surface area contributed by atoms with Crippen molar-refractivity contribution in [3.63, 3.8) is 0 Å². The number of hydrazone groups is 1. The molecule has 1 aliphatic rings. The van der Waals surface area contributed by atoms with Crippen molar-refractivity contribution in [1.29, 1.82) is 0 Å². The lowest BCUT2D eigenvalue weighted by Crippen LogP contribution is -2.58. The summed E-state index contributed by atoms with van der Waals surface area (Å²) in [6.07, 6.45) is 2.53. The Labute approximate surface area is 167 Å². The van der Waals surface area contributed by atoms with Gasteiger partial charge < -0.3 is 5.32 Å². The van der Waals surface area contributed by atoms with Crippen molar-refractivity contribution in [1.82, 2.24) is 15.7 Å². The van der Waals surface area contributed by atoms with Crippen LogP contribution in [-0.2, 0) is 9.59 Å². The van der Waals surface area contributed by atoms with Crippen molar-refractivity contribution in [3.05, 3.63) is 58.8 Å². The predicted molar refractivity (Wildman–Crippen MR) is 106 cm³/mol. The standard InChI is InChI=1S/C17H12BrN5O3S/c18-10-4-6-11(7-5-10)23-16(26)12(14(24)21-17(23)27)9-20-22-15(25)13-3-1-2-8-19-13/h1-9,12H,(H,22,25)(H,21,24,27)/b20-9-/t12-/m0/s1. The summed E-state index contributed by atoms with van der Waals surface area (Å²) in [7, 11) is 0. The first-order valence-electron chi connectivity index (χ1n) is 7.66. The average molecular weight is 446 g/mol. The van der Waals surface area contributed by atoms with Gasteiger partial charge >= 0.3 is 0 Å². The van der Waals surface area contributed by atoms with Gasteiger partial charge in [0.05, 0.1) is 5.69 Å². The van der Waals surface area contributed by atoms with Crippen LogP contribution < -0.4 is 15.6 Å². The number of halogens is 1. The summed E-state index contributed by atoms with van der Waals surface area (Å²) in [5.74, 6) is -2.98. The molecule has 1 atom stereocenters. The van der Waals surface area contributed by atoms with Gasteiger partial charge in [-0.25, -0.2) is 5.43 Å². The summed E-state index contributed by atoms with van der Waals surface area (Å²) in [6, 6.07) is 11.7. The lowest BCUT2D eigenvalue weighted by atomic mass is 10.1. The molecule has 0 saturated carbocycles. The molecule has 1 fully saturated rings. The maximum atomic E-state index is 12.7. The molecule has 1 saturated heterocycles. The molecule has 0 radical (unpaired) electrons. The number of carbonyl (C=O) groups is 3. The van der Waals surface area contributed by atoms with Crippen LogP contribution >= 0.6 is 28.1 Å². The first kappa shape index (κ1) is 18.8. The molecule has 27 heavy (non-hydrogen) atoms. The number of benzene rings is 1. The number of thiocarbonyl (C=S) groups is 1. The van der Waals surface area contributed by atoms with E-state index in [4.69, 9.17) is 12.2 Å². The van der Waals surface area contributed by atoms with Gasteiger partial charge in [-0.1, -0.05) is 22.0 Å². The monoisotopic (exact) mass is 445 g/mol. The van der Waals surface area contributed by atoms with Gasteiger partial charge in [0.2, 0.25) is 5.91 Å². The number of amides is 3. The first-order chi connectivity index (χ1) is 13.0. The maximum absolute atomic E-state index is 12.7. The molecule has 3 rings (SSSR count). The lowest BCUT2D eigenvalue weighted by molar-refractivity contribution is -0.130. The van der Waals surface area contributed by atoms with Gasteiger partial charge in [0.25, 0.3) is 11.8 Å². The number of carbonyl (C=O) groups excluding carboxylic acids is 3. The third kappa shape index (κ3) is 4.23. The van der Waals surface area contributed by atoms with Crippen LogP contribution in [0.3, 0.4) is 0 Å². The normalized spacial score (nSPS) is 17.1. The molecule has 3 amide bonds. The number of anilines is 1. The SMILES string of the molecule is O=C(N/N=C\[C@H]1C(=O)NC(=S)N(c2ccc(Br)cc2)C1=O)c1ccccn1. The number of hydrogen-bond acceptors (Lipinski definition) is 6. The fourth-order valence-corrected chi connectivity index (χ4v) is 2.84. The molecule has 10 heteroatoms. The quantitative estimate of drug-likeness (QED) is 0.322. The fraction of sp³-hybridized carbons (Fsp3) is 0.0588. The van der Waals surface area contributed by atoms with E-state index >= 15 is 0 Å². The Hall–Kier alpha value is -2.98. The Kier molecular flexibility index (Phi) is 5.67. The smallest absolute Gasteiger partial charge is 0.289 e. The van der Waals surface area contributed by atoms with Gasteiger partial charge in [-0.05, 0) is 48.6 Å². The molecule has 0 bridgehead atoms. The molecule has 0 aliphatic carbocycles. The molecular weight excluding hydrogens is 434 g/mol. The van der Waals surface area contributed by atoms with Crippen molar-refractivity contribution in [2.45, 2.75) is 0 Å². The van der Waals surface area contributed by atoms with Gasteiger partial charge in [-0.15, -0.1) is 0 Å². The molecule has 136 valence electrons. The summed E-state index contributed by atoms with van der Waals surface area (Å²) in [4.78, 5) is 41.8. The minimum absolute atomic E-state index is 0.0190. The van der Waals surface area contributed by atoms with Crippen LogP contribution in [0.5, 0.6) is 0 Å². The van der Waals surface area contributed by atoms with Crippen LogP contribution in [-0.4, -0.2) is 34.0 Å². The molecule has 2 aromatic rings. The summed E-state index contributed by atoms with van der Waals surface area (Å²) in [6.45, 7) is 0. The zero-order valence-electron chi connectivity index (χ0n) is 13.6. The van der Waals surface area contributed by atoms with Crippen molar-refractivity contribution in [2.24, 2.45) is 11.0 Å². The summed E-state index contributed by atoms with van der Waals surface area (Å²) >= 11 is 8.42. The maximum Gasteiger partial charge on any atom is 0.289 e. The van der Waals surface area contributed by atoms with Crippen molar-refractivity contribution in [3.8, 4) is 0 Å². The second-order valence-corrected chi connectivity index (χ2v) is 6.66. The largest absolute Gasteiger partial charge is 0.301 e. The highest BCUT2D eigenvalue weighted by molar-refractivity contribution is 9.10. The molecule has 0 spiro atoms. The zero-order valence-corrected chi connectivity index (χ0v) is 16.0. The van der Waals surface area contributed by atoms with E-state index < -0.39 is 23.6 Å². The third-order valence-corrected chi connectivity index (χ3v) is 4.39. The minimum atomic E-state index is -1.23. The molecule has 1 aromatic heterocycles. The van der Waals surface area contributed by atoms with Gasteiger partial charge in [0.1, 0.15) is 5.69 Å². The van der Waals surface area contributed by atoms with Crippen molar-refractivity contribution in [2.75, 3.05) is 4.90 Å². The molecular formula is C17H12BrN5O3S.